The van der Waals surface area contributed by atoms with Crippen LogP contribution in [-0.2, 0) is 4.74 Å². The van der Waals surface area contributed by atoms with Crippen LogP contribution in [-0.4, -0.2) is 50.8 Å². The van der Waals surface area contributed by atoms with Crippen molar-refractivity contribution in [2.24, 2.45) is 0 Å². The molecular weight excluding hydrogens is 176 g/mol. The number of rotatable bonds is 9. The van der Waals surface area contributed by atoms with Crippen molar-refractivity contribution < 1.29 is 4.74 Å². The lowest BCUT2D eigenvalue weighted by atomic mass is 10.3. The zero-order valence-electron chi connectivity index (χ0n) is 10.2. The van der Waals surface area contributed by atoms with Crippen LogP contribution < -0.4 is 5.32 Å². The minimum atomic E-state index is 0.601. The van der Waals surface area contributed by atoms with Gasteiger partial charge in [-0.15, -0.1) is 0 Å². The summed E-state index contributed by atoms with van der Waals surface area (Å²) in [6, 6.07) is 0.601. The van der Waals surface area contributed by atoms with Crippen molar-refractivity contribution in [1.29, 1.82) is 0 Å². The quantitative estimate of drug-likeness (QED) is 0.571. The van der Waals surface area contributed by atoms with E-state index in [1.54, 1.807) is 0 Å². The summed E-state index contributed by atoms with van der Waals surface area (Å²) in [5, 5.41) is 3.41. The van der Waals surface area contributed by atoms with Gasteiger partial charge in [-0.05, 0) is 33.5 Å². The first kappa shape index (κ1) is 13.9. The second-order valence-corrected chi connectivity index (χ2v) is 3.96. The SMILES string of the molecule is CCOCCN(C)CCCNC(C)C. The van der Waals surface area contributed by atoms with Crippen LogP contribution in [0.1, 0.15) is 27.2 Å². The molecule has 0 fully saturated rings. The molecule has 0 atom stereocenters. The van der Waals surface area contributed by atoms with Crippen molar-refractivity contribution in [1.82, 2.24) is 10.2 Å². The zero-order chi connectivity index (χ0) is 10.8. The maximum atomic E-state index is 5.29. The van der Waals surface area contributed by atoms with Gasteiger partial charge < -0.3 is 15.0 Å². The van der Waals surface area contributed by atoms with Crippen LogP contribution >= 0.6 is 0 Å². The molecule has 0 aromatic heterocycles. The summed E-state index contributed by atoms with van der Waals surface area (Å²) in [6.07, 6.45) is 1.21. The molecule has 1 N–H and O–H groups in total. The third kappa shape index (κ3) is 9.96. The van der Waals surface area contributed by atoms with E-state index in [-0.39, 0.29) is 0 Å². The molecule has 14 heavy (non-hydrogen) atoms. The molecule has 0 rings (SSSR count). The predicted molar refractivity (Wildman–Crippen MR) is 61.7 cm³/mol. The maximum Gasteiger partial charge on any atom is 0.0593 e. The van der Waals surface area contributed by atoms with Crippen molar-refractivity contribution in [3.05, 3.63) is 0 Å². The van der Waals surface area contributed by atoms with Crippen LogP contribution in [0.2, 0.25) is 0 Å². The van der Waals surface area contributed by atoms with Crippen LogP contribution in [0.15, 0.2) is 0 Å². The van der Waals surface area contributed by atoms with E-state index < -0.39 is 0 Å². The molecule has 86 valence electrons. The maximum absolute atomic E-state index is 5.29. The number of hydrogen-bond donors (Lipinski definition) is 1. The Morgan fingerprint density at radius 2 is 2.00 bits per heavy atom. The van der Waals surface area contributed by atoms with E-state index in [2.05, 4.69) is 31.1 Å². The number of likely N-dealkylation sites (N-methyl/N-ethyl adjacent to an activating group) is 1. The van der Waals surface area contributed by atoms with Gasteiger partial charge in [-0.1, -0.05) is 13.8 Å². The number of nitrogens with zero attached hydrogens (tertiary/aromatic N) is 1. The van der Waals surface area contributed by atoms with Gasteiger partial charge in [0.25, 0.3) is 0 Å². The van der Waals surface area contributed by atoms with Crippen molar-refractivity contribution in [2.75, 3.05) is 39.9 Å². The molecule has 0 spiro atoms. The Hall–Kier alpha value is -0.120. The highest BCUT2D eigenvalue weighted by Crippen LogP contribution is 1.88. The molecule has 0 unspecified atom stereocenters. The third-order valence-corrected chi connectivity index (χ3v) is 2.09. The van der Waals surface area contributed by atoms with Crippen LogP contribution in [0.5, 0.6) is 0 Å². The smallest absolute Gasteiger partial charge is 0.0593 e. The summed E-state index contributed by atoms with van der Waals surface area (Å²) in [5.74, 6) is 0. The molecule has 0 heterocycles. The van der Waals surface area contributed by atoms with Crippen LogP contribution in [0, 0.1) is 0 Å². The first-order valence-corrected chi connectivity index (χ1v) is 5.66. The molecule has 0 aliphatic heterocycles. The topological polar surface area (TPSA) is 24.5 Å². The minimum absolute atomic E-state index is 0.601. The molecule has 0 aromatic carbocycles. The molecule has 0 aliphatic rings. The Bertz CT molecular complexity index is 118. The van der Waals surface area contributed by atoms with Gasteiger partial charge in [0.05, 0.1) is 6.61 Å². The third-order valence-electron chi connectivity index (χ3n) is 2.09. The van der Waals surface area contributed by atoms with Gasteiger partial charge in [-0.3, -0.25) is 0 Å². The van der Waals surface area contributed by atoms with E-state index >= 15 is 0 Å². The Morgan fingerprint density at radius 3 is 2.57 bits per heavy atom. The molecule has 0 radical (unpaired) electrons. The molecule has 3 nitrogen and oxygen atoms in total. The van der Waals surface area contributed by atoms with Crippen molar-refractivity contribution in [2.45, 2.75) is 33.2 Å². The molecule has 0 aliphatic carbocycles. The van der Waals surface area contributed by atoms with Gasteiger partial charge in [0.1, 0.15) is 0 Å². The van der Waals surface area contributed by atoms with E-state index in [1.165, 1.54) is 6.42 Å². The van der Waals surface area contributed by atoms with E-state index in [9.17, 15) is 0 Å². The summed E-state index contributed by atoms with van der Waals surface area (Å²) >= 11 is 0. The second-order valence-electron chi connectivity index (χ2n) is 3.96. The lowest BCUT2D eigenvalue weighted by Gasteiger charge is -2.16. The van der Waals surface area contributed by atoms with Gasteiger partial charge in [-0.25, -0.2) is 0 Å². The number of ether oxygens (including phenoxy) is 1. The van der Waals surface area contributed by atoms with E-state index in [1.807, 2.05) is 6.92 Å². The average molecular weight is 202 g/mol. The first-order valence-electron chi connectivity index (χ1n) is 5.66. The van der Waals surface area contributed by atoms with Gasteiger partial charge in [0, 0.05) is 19.2 Å². The summed E-state index contributed by atoms with van der Waals surface area (Å²) in [6.45, 7) is 11.4. The van der Waals surface area contributed by atoms with E-state index in [0.717, 1.165) is 32.8 Å². The molecule has 0 aromatic rings. The lowest BCUT2D eigenvalue weighted by molar-refractivity contribution is 0.122. The largest absolute Gasteiger partial charge is 0.380 e. The summed E-state index contributed by atoms with van der Waals surface area (Å²) in [5.41, 5.74) is 0. The summed E-state index contributed by atoms with van der Waals surface area (Å²) in [4.78, 5) is 2.32. The molecule has 0 amide bonds. The van der Waals surface area contributed by atoms with Crippen molar-refractivity contribution >= 4 is 0 Å². The lowest BCUT2D eigenvalue weighted by Crippen LogP contribution is -2.29. The Labute approximate surface area is 88.8 Å². The highest BCUT2D eigenvalue weighted by Gasteiger charge is 1.98. The van der Waals surface area contributed by atoms with Crippen molar-refractivity contribution in [3.63, 3.8) is 0 Å². The predicted octanol–water partition coefficient (Wildman–Crippen LogP) is 1.34. The second kappa shape index (κ2) is 9.44. The molecule has 3 heteroatoms. The number of hydrogen-bond acceptors (Lipinski definition) is 3. The highest BCUT2D eigenvalue weighted by molar-refractivity contribution is 4.56. The fourth-order valence-electron chi connectivity index (χ4n) is 1.22. The van der Waals surface area contributed by atoms with E-state index in [4.69, 9.17) is 4.74 Å². The van der Waals surface area contributed by atoms with Gasteiger partial charge in [0.15, 0.2) is 0 Å². The van der Waals surface area contributed by atoms with Crippen molar-refractivity contribution in [3.8, 4) is 0 Å². The molecule has 0 saturated carbocycles. The molecule has 0 bridgehead atoms. The monoisotopic (exact) mass is 202 g/mol. The summed E-state index contributed by atoms with van der Waals surface area (Å²) < 4.78 is 5.29. The highest BCUT2D eigenvalue weighted by atomic mass is 16.5. The minimum Gasteiger partial charge on any atom is -0.380 e. The van der Waals surface area contributed by atoms with Gasteiger partial charge in [-0.2, -0.15) is 0 Å². The van der Waals surface area contributed by atoms with Crippen LogP contribution in [0.4, 0.5) is 0 Å². The number of nitrogens with one attached hydrogen (secondary N) is 1. The average Bonchev–Trinajstić information content (AvgIpc) is 2.13. The van der Waals surface area contributed by atoms with E-state index in [0.29, 0.717) is 6.04 Å². The summed E-state index contributed by atoms with van der Waals surface area (Å²) in [7, 11) is 2.15. The standard InChI is InChI=1S/C11H26N2O/c1-5-14-10-9-13(4)8-6-7-12-11(2)3/h11-12H,5-10H2,1-4H3. The first-order chi connectivity index (χ1) is 6.66. The van der Waals surface area contributed by atoms with Gasteiger partial charge in [0.2, 0.25) is 0 Å². The Morgan fingerprint density at radius 1 is 1.29 bits per heavy atom. The zero-order valence-corrected chi connectivity index (χ0v) is 10.2. The van der Waals surface area contributed by atoms with Gasteiger partial charge >= 0.3 is 0 Å². The van der Waals surface area contributed by atoms with Crippen LogP contribution in [0.3, 0.4) is 0 Å². The van der Waals surface area contributed by atoms with Crippen LogP contribution in [0.25, 0.3) is 0 Å². The Balaban J connectivity index is 3.14. The fourth-order valence-corrected chi connectivity index (χ4v) is 1.22. The normalized spacial score (nSPS) is 11.6. The fraction of sp³-hybridized carbons (Fsp3) is 1.00. The molecular formula is C11H26N2O. The Kier molecular flexibility index (Phi) is 9.35. The molecule has 0 saturated heterocycles.